The molecule has 1 aromatic carbocycles. The summed E-state index contributed by atoms with van der Waals surface area (Å²) in [7, 11) is 0. The number of hydrogen-bond acceptors (Lipinski definition) is 3. The number of aryl methyl sites for hydroxylation is 1. The van der Waals surface area contributed by atoms with E-state index in [2.05, 4.69) is 10.4 Å². The Hall–Kier alpha value is -2.18. The Morgan fingerprint density at radius 3 is 2.96 bits per heavy atom. The van der Waals surface area contributed by atoms with Crippen molar-refractivity contribution in [2.75, 3.05) is 5.32 Å². The highest BCUT2D eigenvalue weighted by atomic mass is 35.5. The molecule has 0 aliphatic rings. The third-order valence-corrected chi connectivity index (χ3v) is 4.71. The van der Waals surface area contributed by atoms with Gasteiger partial charge in [-0.2, -0.15) is 5.10 Å². The van der Waals surface area contributed by atoms with Gasteiger partial charge in [-0.15, -0.1) is 11.3 Å². The third kappa shape index (κ3) is 3.43. The van der Waals surface area contributed by atoms with Gasteiger partial charge in [-0.05, 0) is 36.1 Å². The fourth-order valence-electron chi connectivity index (χ4n) is 2.15. The van der Waals surface area contributed by atoms with Gasteiger partial charge < -0.3 is 5.32 Å². The maximum Gasteiger partial charge on any atom is 0.266 e. The molecule has 0 unspecified atom stereocenters. The highest BCUT2D eigenvalue weighted by Crippen LogP contribution is 2.21. The van der Waals surface area contributed by atoms with Crippen LogP contribution in [0, 0.1) is 12.7 Å². The summed E-state index contributed by atoms with van der Waals surface area (Å²) in [6, 6.07) is 6.43. The zero-order valence-electron chi connectivity index (χ0n) is 12.2. The van der Waals surface area contributed by atoms with Crippen LogP contribution in [0.5, 0.6) is 0 Å². The molecule has 0 bridgehead atoms. The number of carbonyl (C=O) groups is 1. The number of aromatic nitrogens is 2. The largest absolute Gasteiger partial charge is 0.319 e. The van der Waals surface area contributed by atoms with Gasteiger partial charge in [-0.3, -0.25) is 9.48 Å². The summed E-state index contributed by atoms with van der Waals surface area (Å²) in [5.41, 5.74) is 1.84. The monoisotopic (exact) mass is 349 g/mol. The minimum atomic E-state index is -0.382. The number of amides is 1. The molecule has 0 spiro atoms. The molecule has 118 valence electrons. The van der Waals surface area contributed by atoms with Gasteiger partial charge >= 0.3 is 0 Å². The summed E-state index contributed by atoms with van der Waals surface area (Å²) in [6.45, 7) is 2.08. The van der Waals surface area contributed by atoms with Gasteiger partial charge in [0.2, 0.25) is 0 Å². The van der Waals surface area contributed by atoms with E-state index in [0.29, 0.717) is 21.2 Å². The summed E-state index contributed by atoms with van der Waals surface area (Å²) < 4.78 is 15.3. The van der Waals surface area contributed by atoms with Crippen LogP contribution in [0.2, 0.25) is 5.02 Å². The van der Waals surface area contributed by atoms with Crippen molar-refractivity contribution in [2.24, 2.45) is 0 Å². The number of thiophene rings is 1. The van der Waals surface area contributed by atoms with E-state index >= 15 is 0 Å². The van der Waals surface area contributed by atoms with Gasteiger partial charge in [0.1, 0.15) is 5.82 Å². The second-order valence-electron chi connectivity index (χ2n) is 5.01. The van der Waals surface area contributed by atoms with Crippen LogP contribution in [0.15, 0.2) is 42.0 Å². The zero-order valence-corrected chi connectivity index (χ0v) is 13.8. The van der Waals surface area contributed by atoms with Crippen molar-refractivity contribution in [3.63, 3.8) is 0 Å². The van der Waals surface area contributed by atoms with Crippen LogP contribution in [0.4, 0.5) is 10.1 Å². The molecular weight excluding hydrogens is 337 g/mol. The van der Waals surface area contributed by atoms with Crippen molar-refractivity contribution < 1.29 is 9.18 Å². The first-order valence-electron chi connectivity index (χ1n) is 6.85. The SMILES string of the molecule is Cc1ccsc1C(=O)Nc1cnn(Cc2c(F)cccc2Cl)c1. The van der Waals surface area contributed by atoms with Crippen LogP contribution in [0.3, 0.4) is 0 Å². The molecule has 2 heterocycles. The average Bonchev–Trinajstić information content (AvgIpc) is 3.12. The van der Waals surface area contributed by atoms with E-state index in [9.17, 15) is 9.18 Å². The molecule has 4 nitrogen and oxygen atoms in total. The minimum Gasteiger partial charge on any atom is -0.319 e. The summed E-state index contributed by atoms with van der Waals surface area (Å²) >= 11 is 7.39. The van der Waals surface area contributed by atoms with Crippen LogP contribution in [0.1, 0.15) is 20.8 Å². The Labute approximate surface area is 141 Å². The van der Waals surface area contributed by atoms with Crippen LogP contribution in [0.25, 0.3) is 0 Å². The van der Waals surface area contributed by atoms with Gasteiger partial charge in [0.05, 0.1) is 23.3 Å². The standard InChI is InChI=1S/C16H13ClFN3OS/c1-10-5-6-23-15(10)16(22)20-11-7-19-21(8-11)9-12-13(17)3-2-4-14(12)18/h2-8H,9H2,1H3,(H,20,22). The highest BCUT2D eigenvalue weighted by molar-refractivity contribution is 7.12. The van der Waals surface area contributed by atoms with Crippen molar-refractivity contribution in [3.05, 3.63) is 68.9 Å². The van der Waals surface area contributed by atoms with Gasteiger partial charge in [0.15, 0.2) is 0 Å². The molecule has 3 aromatic rings. The Kier molecular flexibility index (Phi) is 4.45. The number of benzene rings is 1. The number of anilines is 1. The summed E-state index contributed by atoms with van der Waals surface area (Å²) in [5.74, 6) is -0.561. The zero-order chi connectivity index (χ0) is 16.4. The van der Waals surface area contributed by atoms with Gasteiger partial charge in [-0.1, -0.05) is 17.7 Å². The van der Waals surface area contributed by atoms with E-state index in [0.717, 1.165) is 5.56 Å². The summed E-state index contributed by atoms with van der Waals surface area (Å²) in [5, 5.41) is 9.13. The highest BCUT2D eigenvalue weighted by Gasteiger charge is 2.13. The van der Waals surface area contributed by atoms with Crippen LogP contribution >= 0.6 is 22.9 Å². The molecule has 7 heteroatoms. The molecule has 1 N–H and O–H groups in total. The van der Waals surface area contributed by atoms with E-state index in [1.165, 1.54) is 28.3 Å². The molecule has 0 aliphatic carbocycles. The Balaban J connectivity index is 1.74. The fourth-order valence-corrected chi connectivity index (χ4v) is 3.20. The topological polar surface area (TPSA) is 46.9 Å². The number of halogens is 2. The molecular formula is C16H13ClFN3OS. The number of carbonyl (C=O) groups excluding carboxylic acids is 1. The smallest absolute Gasteiger partial charge is 0.266 e. The molecule has 3 rings (SSSR count). The van der Waals surface area contributed by atoms with Gasteiger partial charge in [0, 0.05) is 16.8 Å². The van der Waals surface area contributed by atoms with E-state index in [1.54, 1.807) is 18.3 Å². The normalized spacial score (nSPS) is 10.7. The average molecular weight is 350 g/mol. The predicted octanol–water partition coefficient (Wildman–Crippen LogP) is 4.35. The summed E-state index contributed by atoms with van der Waals surface area (Å²) in [4.78, 5) is 12.8. The lowest BCUT2D eigenvalue weighted by Crippen LogP contribution is -2.10. The number of rotatable bonds is 4. The van der Waals surface area contributed by atoms with Crippen LogP contribution in [-0.2, 0) is 6.54 Å². The lowest BCUT2D eigenvalue weighted by atomic mass is 10.2. The van der Waals surface area contributed by atoms with E-state index < -0.39 is 0 Å². The number of nitrogens with one attached hydrogen (secondary N) is 1. The second kappa shape index (κ2) is 6.52. The van der Waals surface area contributed by atoms with Crippen molar-refractivity contribution in [1.29, 1.82) is 0 Å². The molecule has 23 heavy (non-hydrogen) atoms. The van der Waals surface area contributed by atoms with Crippen molar-refractivity contribution >= 4 is 34.5 Å². The quantitative estimate of drug-likeness (QED) is 0.761. The van der Waals surface area contributed by atoms with Crippen molar-refractivity contribution in [2.45, 2.75) is 13.5 Å². The molecule has 1 amide bonds. The summed E-state index contributed by atoms with van der Waals surface area (Å²) in [6.07, 6.45) is 3.17. The maximum atomic E-state index is 13.8. The molecule has 2 aromatic heterocycles. The lowest BCUT2D eigenvalue weighted by Gasteiger charge is -2.05. The molecule has 0 atom stereocenters. The first-order chi connectivity index (χ1) is 11.0. The lowest BCUT2D eigenvalue weighted by molar-refractivity contribution is 0.103. The van der Waals surface area contributed by atoms with E-state index in [-0.39, 0.29) is 18.3 Å². The fraction of sp³-hybridized carbons (Fsp3) is 0.125. The Bertz CT molecular complexity index is 838. The predicted molar refractivity (Wildman–Crippen MR) is 89.7 cm³/mol. The van der Waals surface area contributed by atoms with E-state index in [1.807, 2.05) is 18.4 Å². The first kappa shape index (κ1) is 15.7. The minimum absolute atomic E-state index is 0.180. The third-order valence-electron chi connectivity index (χ3n) is 3.34. The maximum absolute atomic E-state index is 13.8. The first-order valence-corrected chi connectivity index (χ1v) is 8.11. The Morgan fingerprint density at radius 1 is 1.43 bits per heavy atom. The van der Waals surface area contributed by atoms with Gasteiger partial charge in [-0.25, -0.2) is 4.39 Å². The van der Waals surface area contributed by atoms with Crippen LogP contribution < -0.4 is 5.32 Å². The van der Waals surface area contributed by atoms with Gasteiger partial charge in [0.25, 0.3) is 5.91 Å². The number of hydrogen-bond donors (Lipinski definition) is 1. The van der Waals surface area contributed by atoms with Crippen molar-refractivity contribution in [1.82, 2.24) is 9.78 Å². The Morgan fingerprint density at radius 2 is 2.26 bits per heavy atom. The molecule has 0 aliphatic heterocycles. The number of nitrogens with zero attached hydrogens (tertiary/aromatic N) is 2. The van der Waals surface area contributed by atoms with Crippen molar-refractivity contribution in [3.8, 4) is 0 Å². The molecule has 0 fully saturated rings. The molecule has 0 saturated carbocycles. The van der Waals surface area contributed by atoms with Crippen LogP contribution in [-0.4, -0.2) is 15.7 Å². The molecule has 0 radical (unpaired) electrons. The van der Waals surface area contributed by atoms with E-state index in [4.69, 9.17) is 11.6 Å². The molecule has 0 saturated heterocycles. The second-order valence-corrected chi connectivity index (χ2v) is 6.34.